The summed E-state index contributed by atoms with van der Waals surface area (Å²) < 4.78 is 34.3. The zero-order valence-electron chi connectivity index (χ0n) is 12.8. The van der Waals surface area contributed by atoms with Gasteiger partial charge in [0.1, 0.15) is 4.90 Å². The number of thioether (sulfide) groups is 1. The fraction of sp³-hybridized carbons (Fsp3) is 0.769. The molecule has 0 aliphatic carbocycles. The summed E-state index contributed by atoms with van der Waals surface area (Å²) in [6.45, 7) is 5.57. The van der Waals surface area contributed by atoms with Crippen LogP contribution in [0.25, 0.3) is 0 Å². The normalized spacial score (nSPS) is 17.3. The highest BCUT2D eigenvalue weighted by atomic mass is 32.2. The summed E-state index contributed by atoms with van der Waals surface area (Å²) in [5.74, 6) is 0.780. The molecular formula is C13H23N3O3S2. The number of rotatable bonds is 6. The van der Waals surface area contributed by atoms with Crippen LogP contribution in [0, 0.1) is 13.8 Å². The minimum Gasteiger partial charge on any atom is -0.381 e. The Morgan fingerprint density at radius 3 is 2.62 bits per heavy atom. The molecule has 0 atom stereocenters. The number of aryl methyl sites for hydroxylation is 2. The maximum absolute atomic E-state index is 12.3. The molecule has 6 nitrogen and oxygen atoms in total. The largest absolute Gasteiger partial charge is 0.381 e. The highest BCUT2D eigenvalue weighted by Gasteiger charge is 2.23. The molecule has 21 heavy (non-hydrogen) atoms. The Morgan fingerprint density at radius 1 is 1.38 bits per heavy atom. The third-order valence-electron chi connectivity index (χ3n) is 3.63. The van der Waals surface area contributed by atoms with Gasteiger partial charge in [-0.1, -0.05) is 0 Å². The van der Waals surface area contributed by atoms with Crippen molar-refractivity contribution in [2.45, 2.75) is 36.8 Å². The molecule has 1 aromatic rings. The fourth-order valence-electron chi connectivity index (χ4n) is 2.46. The molecule has 1 saturated heterocycles. The average Bonchev–Trinajstić information content (AvgIpc) is 2.70. The van der Waals surface area contributed by atoms with E-state index in [0.29, 0.717) is 28.1 Å². The molecule has 8 heteroatoms. The van der Waals surface area contributed by atoms with E-state index in [-0.39, 0.29) is 0 Å². The molecule has 0 saturated carbocycles. The van der Waals surface area contributed by atoms with Gasteiger partial charge in [0.15, 0.2) is 0 Å². The zero-order valence-corrected chi connectivity index (χ0v) is 14.4. The van der Waals surface area contributed by atoms with E-state index in [1.54, 1.807) is 25.6 Å². The molecule has 2 heterocycles. The van der Waals surface area contributed by atoms with E-state index < -0.39 is 10.0 Å². The lowest BCUT2D eigenvalue weighted by molar-refractivity contribution is 0.100. The van der Waals surface area contributed by atoms with Crippen LogP contribution in [0.4, 0.5) is 0 Å². The maximum Gasteiger partial charge on any atom is 0.244 e. The van der Waals surface area contributed by atoms with Crippen LogP contribution in [-0.4, -0.2) is 49.0 Å². The Hall–Kier alpha value is -0.570. The van der Waals surface area contributed by atoms with E-state index in [1.807, 2.05) is 11.8 Å². The quantitative estimate of drug-likeness (QED) is 0.793. The van der Waals surface area contributed by atoms with Crippen molar-refractivity contribution in [3.8, 4) is 0 Å². The Balaban J connectivity index is 1.86. The lowest BCUT2D eigenvalue weighted by Crippen LogP contribution is -2.28. The van der Waals surface area contributed by atoms with Gasteiger partial charge in [-0.2, -0.15) is 16.9 Å². The molecule has 2 rings (SSSR count). The van der Waals surface area contributed by atoms with Gasteiger partial charge < -0.3 is 4.74 Å². The number of hydrogen-bond acceptors (Lipinski definition) is 5. The molecule has 0 unspecified atom stereocenters. The Labute approximate surface area is 130 Å². The first-order chi connectivity index (χ1) is 9.92. The van der Waals surface area contributed by atoms with Gasteiger partial charge in [-0.15, -0.1) is 0 Å². The number of ether oxygens (including phenoxy) is 1. The highest BCUT2D eigenvalue weighted by molar-refractivity contribution is 8.00. The molecule has 0 radical (unpaired) electrons. The van der Waals surface area contributed by atoms with Crippen molar-refractivity contribution in [1.82, 2.24) is 14.5 Å². The zero-order chi connectivity index (χ0) is 15.5. The average molecular weight is 333 g/mol. The minimum absolute atomic E-state index is 0.307. The van der Waals surface area contributed by atoms with E-state index in [0.717, 1.165) is 31.8 Å². The first-order valence-electron chi connectivity index (χ1n) is 7.11. The summed E-state index contributed by atoms with van der Waals surface area (Å²) in [4.78, 5) is 0.307. The molecule has 0 aromatic carbocycles. The summed E-state index contributed by atoms with van der Waals surface area (Å²) in [5.41, 5.74) is 1.21. The van der Waals surface area contributed by atoms with Gasteiger partial charge in [0.05, 0.1) is 11.4 Å². The van der Waals surface area contributed by atoms with Crippen LogP contribution in [0.1, 0.15) is 24.2 Å². The van der Waals surface area contributed by atoms with Crippen molar-refractivity contribution >= 4 is 21.8 Å². The number of aromatic nitrogens is 2. The highest BCUT2D eigenvalue weighted by Crippen LogP contribution is 2.22. The second-order valence-electron chi connectivity index (χ2n) is 5.20. The fourth-order valence-corrected chi connectivity index (χ4v) is 5.13. The predicted octanol–water partition coefficient (Wildman–Crippen LogP) is 1.23. The molecule has 0 spiro atoms. The van der Waals surface area contributed by atoms with Crippen LogP contribution in [-0.2, 0) is 21.8 Å². The van der Waals surface area contributed by atoms with Crippen LogP contribution in [0.3, 0.4) is 0 Å². The summed E-state index contributed by atoms with van der Waals surface area (Å²) in [6, 6.07) is 0. The van der Waals surface area contributed by atoms with Crippen molar-refractivity contribution in [2.75, 3.05) is 25.5 Å². The maximum atomic E-state index is 12.3. The minimum atomic E-state index is -3.48. The smallest absolute Gasteiger partial charge is 0.244 e. The van der Waals surface area contributed by atoms with Gasteiger partial charge in [-0.25, -0.2) is 13.1 Å². The molecule has 1 aliphatic heterocycles. The van der Waals surface area contributed by atoms with Crippen molar-refractivity contribution < 1.29 is 13.2 Å². The lowest BCUT2D eigenvalue weighted by Gasteiger charge is -2.21. The summed E-state index contributed by atoms with van der Waals surface area (Å²) >= 11 is 1.82. The predicted molar refractivity (Wildman–Crippen MR) is 84.2 cm³/mol. The Morgan fingerprint density at radius 2 is 2.05 bits per heavy atom. The van der Waals surface area contributed by atoms with Crippen molar-refractivity contribution in [2.24, 2.45) is 7.05 Å². The molecule has 0 bridgehead atoms. The Bertz CT molecular complexity index is 578. The number of hydrogen-bond donors (Lipinski definition) is 1. The van der Waals surface area contributed by atoms with E-state index in [1.165, 1.54) is 0 Å². The molecule has 0 amide bonds. The van der Waals surface area contributed by atoms with Crippen LogP contribution >= 0.6 is 11.8 Å². The SMILES string of the molecule is Cc1nn(C)c(C)c1S(=O)(=O)NCCSC1CCOCC1. The van der Waals surface area contributed by atoms with E-state index >= 15 is 0 Å². The van der Waals surface area contributed by atoms with Crippen LogP contribution in [0.5, 0.6) is 0 Å². The molecule has 1 N–H and O–H groups in total. The second kappa shape index (κ2) is 7.13. The van der Waals surface area contributed by atoms with Gasteiger partial charge >= 0.3 is 0 Å². The second-order valence-corrected chi connectivity index (χ2v) is 8.32. The molecule has 120 valence electrons. The first-order valence-corrected chi connectivity index (χ1v) is 9.64. The van der Waals surface area contributed by atoms with Gasteiger partial charge in [-0.3, -0.25) is 4.68 Å². The van der Waals surface area contributed by atoms with Crippen LogP contribution in [0.2, 0.25) is 0 Å². The monoisotopic (exact) mass is 333 g/mol. The van der Waals surface area contributed by atoms with E-state index in [4.69, 9.17) is 4.74 Å². The summed E-state index contributed by atoms with van der Waals surface area (Å²) in [5, 5.41) is 4.75. The molecule has 1 aliphatic rings. The van der Waals surface area contributed by atoms with Gasteiger partial charge in [0, 0.05) is 37.8 Å². The van der Waals surface area contributed by atoms with Gasteiger partial charge in [0.25, 0.3) is 0 Å². The van der Waals surface area contributed by atoms with E-state index in [9.17, 15) is 8.42 Å². The topological polar surface area (TPSA) is 73.2 Å². The Kier molecular flexibility index (Phi) is 5.70. The van der Waals surface area contributed by atoms with Crippen LogP contribution in [0.15, 0.2) is 4.90 Å². The van der Waals surface area contributed by atoms with Crippen molar-refractivity contribution in [1.29, 1.82) is 0 Å². The third-order valence-corrected chi connectivity index (χ3v) is 6.72. The molecule has 1 aromatic heterocycles. The summed E-state index contributed by atoms with van der Waals surface area (Å²) in [6.07, 6.45) is 2.11. The first kappa shape index (κ1) is 16.8. The van der Waals surface area contributed by atoms with Crippen molar-refractivity contribution in [3.63, 3.8) is 0 Å². The number of nitrogens with zero attached hydrogens (tertiary/aromatic N) is 2. The number of nitrogens with one attached hydrogen (secondary N) is 1. The lowest BCUT2D eigenvalue weighted by atomic mass is 10.2. The standard InChI is InChI=1S/C13H23N3O3S2/c1-10-13(11(2)16(3)15-10)21(17,18)14-6-9-20-12-4-7-19-8-5-12/h12,14H,4-9H2,1-3H3. The molecular weight excluding hydrogens is 310 g/mol. The third kappa shape index (κ3) is 4.21. The van der Waals surface area contributed by atoms with Crippen molar-refractivity contribution in [3.05, 3.63) is 11.4 Å². The van der Waals surface area contributed by atoms with Crippen LogP contribution < -0.4 is 4.72 Å². The van der Waals surface area contributed by atoms with Gasteiger partial charge in [-0.05, 0) is 26.7 Å². The molecule has 1 fully saturated rings. The van der Waals surface area contributed by atoms with Gasteiger partial charge in [0.2, 0.25) is 10.0 Å². The van der Waals surface area contributed by atoms with E-state index in [2.05, 4.69) is 9.82 Å². The number of sulfonamides is 1. The summed E-state index contributed by atoms with van der Waals surface area (Å²) in [7, 11) is -1.72.